The van der Waals surface area contributed by atoms with E-state index in [0.717, 1.165) is 0 Å². The van der Waals surface area contributed by atoms with Crippen LogP contribution in [-0.4, -0.2) is 12.8 Å². The quantitative estimate of drug-likeness (QED) is 0.127. The monoisotopic (exact) mass is 966 g/mol. The van der Waals surface area contributed by atoms with Crippen LogP contribution in [-0.2, 0) is 32.5 Å². The van der Waals surface area contributed by atoms with Gasteiger partial charge >= 0.3 is 0 Å². The van der Waals surface area contributed by atoms with Gasteiger partial charge < -0.3 is 15.1 Å². The fourth-order valence-corrected chi connectivity index (χ4v) is 14.2. The van der Waals surface area contributed by atoms with E-state index in [1.165, 1.54) is 138 Å². The lowest BCUT2D eigenvalue weighted by atomic mass is 9.33. The van der Waals surface area contributed by atoms with Crippen molar-refractivity contribution in [3.63, 3.8) is 0 Å². The Labute approximate surface area is 441 Å². The van der Waals surface area contributed by atoms with E-state index in [4.69, 9.17) is 0 Å². The first-order valence-electron chi connectivity index (χ1n) is 28.0. The first-order chi connectivity index (χ1) is 34.1. The first-order valence-corrected chi connectivity index (χ1v) is 28.0. The van der Waals surface area contributed by atoms with Gasteiger partial charge in [-0.1, -0.05) is 153 Å². The van der Waals surface area contributed by atoms with Crippen LogP contribution >= 0.6 is 0 Å². The topological polar surface area (TPSA) is 18.5 Å². The number of rotatable bonds is 7. The van der Waals surface area contributed by atoms with Crippen LogP contribution in [0.4, 0.5) is 39.8 Å². The molecular formula is C69H84BN3. The van der Waals surface area contributed by atoms with E-state index < -0.39 is 0 Å². The van der Waals surface area contributed by atoms with Gasteiger partial charge in [-0.25, -0.2) is 0 Å². The summed E-state index contributed by atoms with van der Waals surface area (Å²) in [7, 11) is 0. The smallest absolute Gasteiger partial charge is 0.252 e. The van der Waals surface area contributed by atoms with Crippen molar-refractivity contribution in [1.82, 2.24) is 0 Å². The van der Waals surface area contributed by atoms with Gasteiger partial charge in [0.2, 0.25) is 0 Å². The summed E-state index contributed by atoms with van der Waals surface area (Å²) in [5, 5.41) is 4.16. The minimum absolute atomic E-state index is 0.0238. The Kier molecular flexibility index (Phi) is 11.1. The maximum absolute atomic E-state index is 4.56. The summed E-state index contributed by atoms with van der Waals surface area (Å²) in [5.74, 6) is 0.805. The maximum atomic E-state index is 4.56. The molecular weight excluding hydrogens is 882 g/mol. The van der Waals surface area contributed by atoms with E-state index in [0.29, 0.717) is 11.8 Å². The molecule has 0 aromatic heterocycles. The molecule has 0 bridgehead atoms. The predicted molar refractivity (Wildman–Crippen MR) is 318 cm³/mol. The number of nitrogens with zero attached hydrogens (tertiary/aromatic N) is 2. The average molecular weight is 966 g/mol. The van der Waals surface area contributed by atoms with Crippen LogP contribution < -0.4 is 31.5 Å². The van der Waals surface area contributed by atoms with Crippen molar-refractivity contribution in [2.75, 3.05) is 15.1 Å². The van der Waals surface area contributed by atoms with E-state index in [2.05, 4.69) is 243 Å². The Morgan fingerprint density at radius 2 is 1.12 bits per heavy atom. The van der Waals surface area contributed by atoms with Crippen molar-refractivity contribution in [3.05, 3.63) is 154 Å². The molecule has 378 valence electrons. The lowest BCUT2D eigenvalue weighted by Gasteiger charge is -2.45. The SMILES string of the molecule is C=CC([C@@H](C)C(C)C)N(c1ccc(C(C)(C)C)cc1)c1ccc2c(c1)N(c1cc3c(cc1C)C(C)(C)CCC3(C)C)c1cc(C)cc3c1B2c1cc2c(cc1N3)-c1cc3c(cc1C2(C)C)C(C)(C)CCC3(C)C. The number of nitrogens with one attached hydrogen (secondary N) is 1. The minimum atomic E-state index is -0.160. The zero-order valence-electron chi connectivity index (χ0n) is 48.0. The van der Waals surface area contributed by atoms with Crippen LogP contribution in [0.25, 0.3) is 11.1 Å². The van der Waals surface area contributed by atoms with Gasteiger partial charge in [-0.05, 0) is 211 Å². The Balaban J connectivity index is 1.18. The Bertz CT molecular complexity index is 3280. The predicted octanol–water partition coefficient (Wildman–Crippen LogP) is 16.9. The molecule has 2 heterocycles. The van der Waals surface area contributed by atoms with Crippen molar-refractivity contribution in [1.29, 1.82) is 0 Å². The normalized spacial score (nSPS) is 19.5. The molecule has 11 rings (SSSR count). The van der Waals surface area contributed by atoms with Gasteiger partial charge in [0.15, 0.2) is 0 Å². The molecule has 1 N–H and O–H groups in total. The van der Waals surface area contributed by atoms with Gasteiger partial charge in [-0.2, -0.15) is 0 Å². The molecule has 0 radical (unpaired) electrons. The van der Waals surface area contributed by atoms with Gasteiger partial charge in [-0.3, -0.25) is 0 Å². The molecule has 6 aromatic rings. The third-order valence-corrected chi connectivity index (χ3v) is 19.6. The molecule has 1 unspecified atom stereocenters. The van der Waals surface area contributed by atoms with Gasteiger partial charge in [0.05, 0.1) is 6.04 Å². The van der Waals surface area contributed by atoms with Crippen molar-refractivity contribution in [2.45, 2.75) is 189 Å². The zero-order chi connectivity index (χ0) is 52.4. The second kappa shape index (κ2) is 16.3. The molecule has 2 aliphatic heterocycles. The summed E-state index contributed by atoms with van der Waals surface area (Å²) in [6.45, 7) is 48.0. The zero-order valence-corrected chi connectivity index (χ0v) is 48.0. The number of fused-ring (bicyclic) bond motifs is 9. The summed E-state index contributed by atoms with van der Waals surface area (Å²) < 4.78 is 0. The van der Waals surface area contributed by atoms with E-state index in [1.54, 1.807) is 5.56 Å². The summed E-state index contributed by atoms with van der Waals surface area (Å²) in [5.41, 5.74) is 28.7. The molecule has 0 saturated heterocycles. The van der Waals surface area contributed by atoms with Gasteiger partial charge in [0.1, 0.15) is 0 Å². The third-order valence-electron chi connectivity index (χ3n) is 19.6. The number of aryl methyl sites for hydroxylation is 2. The van der Waals surface area contributed by atoms with E-state index in [1.807, 2.05) is 0 Å². The molecule has 3 nitrogen and oxygen atoms in total. The van der Waals surface area contributed by atoms with Crippen LogP contribution in [0.3, 0.4) is 0 Å². The second-order valence-corrected chi connectivity index (χ2v) is 28.2. The minimum Gasteiger partial charge on any atom is -0.356 e. The van der Waals surface area contributed by atoms with E-state index >= 15 is 0 Å². The number of anilines is 7. The number of hydrogen-bond acceptors (Lipinski definition) is 3. The summed E-state index contributed by atoms with van der Waals surface area (Å²) in [6, 6.07) is 37.4. The molecule has 0 fully saturated rings. The molecule has 0 amide bonds. The van der Waals surface area contributed by atoms with Crippen LogP contribution in [0.5, 0.6) is 0 Å². The lowest BCUT2D eigenvalue weighted by molar-refractivity contribution is 0.331. The lowest BCUT2D eigenvalue weighted by Crippen LogP contribution is -2.60. The average Bonchev–Trinajstić information content (AvgIpc) is 3.53. The van der Waals surface area contributed by atoms with Crippen molar-refractivity contribution >= 4 is 62.9 Å². The van der Waals surface area contributed by atoms with Crippen LogP contribution in [0.2, 0.25) is 0 Å². The van der Waals surface area contributed by atoms with Gasteiger partial charge in [-0.15, -0.1) is 6.58 Å². The molecule has 4 heteroatoms. The molecule has 2 atom stereocenters. The highest BCUT2D eigenvalue weighted by atomic mass is 15.2. The molecule has 0 saturated carbocycles. The standard InChI is InChI=1S/C69H84BN3/c1-20-59(43(6)40(2)3)72(45-23-21-44(22-24-45)64(7,8)9)46-25-26-55-61(34-46)73(60-39-54-51(33-42(60)5)65(10,11)27-30-68(54,16)17)62-32-41(4)31-58-63(62)70(55)56-38-50-48(36-57(56)71-58)47-35-52-53(37-49(47)69(50,18)19)67(14,15)29-28-66(52,12)13/h20-26,31-40,43,59,71H,1,27-30H2,2-19H3/t43-,59?/m0/s1. The van der Waals surface area contributed by atoms with Crippen LogP contribution in [0.15, 0.2) is 104 Å². The molecule has 6 aromatic carbocycles. The van der Waals surface area contributed by atoms with Gasteiger partial charge in [0.25, 0.3) is 6.71 Å². The van der Waals surface area contributed by atoms with Crippen LogP contribution in [0.1, 0.15) is 187 Å². The molecule has 0 spiro atoms. The maximum Gasteiger partial charge on any atom is 0.252 e. The third kappa shape index (κ3) is 7.55. The molecule has 3 aliphatic carbocycles. The second-order valence-electron chi connectivity index (χ2n) is 28.2. The van der Waals surface area contributed by atoms with E-state index in [9.17, 15) is 0 Å². The fraction of sp³-hybridized carbons (Fsp3) is 0.449. The highest BCUT2D eigenvalue weighted by molar-refractivity contribution is 7.00. The fourth-order valence-electron chi connectivity index (χ4n) is 14.2. The van der Waals surface area contributed by atoms with Crippen molar-refractivity contribution in [2.24, 2.45) is 11.8 Å². The first kappa shape index (κ1) is 49.7. The highest BCUT2D eigenvalue weighted by Gasteiger charge is 2.47. The van der Waals surface area contributed by atoms with Crippen LogP contribution in [0, 0.1) is 25.7 Å². The molecule has 73 heavy (non-hydrogen) atoms. The summed E-state index contributed by atoms with van der Waals surface area (Å²) in [4.78, 5) is 5.27. The number of benzene rings is 6. The van der Waals surface area contributed by atoms with Gasteiger partial charge in [0, 0.05) is 45.2 Å². The van der Waals surface area contributed by atoms with Crippen molar-refractivity contribution < 1.29 is 0 Å². The highest BCUT2D eigenvalue weighted by Crippen LogP contribution is 2.56. The Hall–Kier alpha value is -5.48. The van der Waals surface area contributed by atoms with Crippen molar-refractivity contribution in [3.8, 4) is 11.1 Å². The Morgan fingerprint density at radius 1 is 0.575 bits per heavy atom. The summed E-state index contributed by atoms with van der Waals surface area (Å²) in [6.07, 6.45) is 6.98. The largest absolute Gasteiger partial charge is 0.356 e. The molecule has 5 aliphatic rings. The Morgan fingerprint density at radius 3 is 1.71 bits per heavy atom. The summed E-state index contributed by atoms with van der Waals surface area (Å²) >= 11 is 0. The number of hydrogen-bond donors (Lipinski definition) is 1. The van der Waals surface area contributed by atoms with E-state index in [-0.39, 0.29) is 45.2 Å².